The van der Waals surface area contributed by atoms with Gasteiger partial charge in [-0.05, 0) is 45.3 Å². The SMILES string of the molecule is CN=C(NCc1cccc(C)c1)NCC(C1CC1)N(C)C. The standard InChI is InChI=1S/C17H28N4/c1-13-6-5-7-14(10-13)11-19-17(18-2)20-12-16(21(3)4)15-8-9-15/h5-7,10,15-16H,8-9,11-12H2,1-4H3,(H2,18,19,20). The van der Waals surface area contributed by atoms with E-state index in [4.69, 9.17) is 0 Å². The molecule has 1 fully saturated rings. The molecule has 4 nitrogen and oxygen atoms in total. The highest BCUT2D eigenvalue weighted by molar-refractivity contribution is 5.79. The van der Waals surface area contributed by atoms with E-state index in [0.717, 1.165) is 25.0 Å². The van der Waals surface area contributed by atoms with Crippen LogP contribution in [-0.4, -0.2) is 44.6 Å². The van der Waals surface area contributed by atoms with Crippen molar-refractivity contribution in [3.05, 3.63) is 35.4 Å². The molecule has 2 rings (SSSR count). The molecule has 1 aromatic rings. The Morgan fingerprint density at radius 1 is 1.33 bits per heavy atom. The van der Waals surface area contributed by atoms with Gasteiger partial charge in [0.25, 0.3) is 0 Å². The Kier molecular flexibility index (Phi) is 5.62. The Bertz CT molecular complexity index is 475. The lowest BCUT2D eigenvalue weighted by molar-refractivity contribution is 0.264. The second kappa shape index (κ2) is 7.46. The molecule has 0 bridgehead atoms. The van der Waals surface area contributed by atoms with Crippen LogP contribution in [0.15, 0.2) is 29.3 Å². The van der Waals surface area contributed by atoms with Crippen LogP contribution in [0.1, 0.15) is 24.0 Å². The van der Waals surface area contributed by atoms with E-state index in [1.165, 1.54) is 24.0 Å². The van der Waals surface area contributed by atoms with Gasteiger partial charge in [-0.3, -0.25) is 4.99 Å². The van der Waals surface area contributed by atoms with Crippen molar-refractivity contribution < 1.29 is 0 Å². The van der Waals surface area contributed by atoms with Crippen LogP contribution in [0.2, 0.25) is 0 Å². The van der Waals surface area contributed by atoms with Gasteiger partial charge in [-0.2, -0.15) is 0 Å². The minimum absolute atomic E-state index is 0.600. The molecule has 1 saturated carbocycles. The molecule has 1 atom stereocenters. The predicted octanol–water partition coefficient (Wildman–Crippen LogP) is 2.00. The first-order chi connectivity index (χ1) is 10.1. The summed E-state index contributed by atoms with van der Waals surface area (Å²) in [6.45, 7) is 3.87. The molecular formula is C17H28N4. The molecule has 1 aliphatic rings. The van der Waals surface area contributed by atoms with Gasteiger partial charge in [-0.1, -0.05) is 29.8 Å². The number of nitrogens with one attached hydrogen (secondary N) is 2. The number of hydrogen-bond donors (Lipinski definition) is 2. The van der Waals surface area contributed by atoms with E-state index in [9.17, 15) is 0 Å². The number of rotatable bonds is 6. The Morgan fingerprint density at radius 2 is 2.10 bits per heavy atom. The van der Waals surface area contributed by atoms with Crippen molar-refractivity contribution >= 4 is 5.96 Å². The number of benzene rings is 1. The smallest absolute Gasteiger partial charge is 0.191 e. The molecule has 116 valence electrons. The molecule has 0 aliphatic heterocycles. The summed E-state index contributed by atoms with van der Waals surface area (Å²) in [4.78, 5) is 6.63. The van der Waals surface area contributed by atoms with E-state index >= 15 is 0 Å². The maximum Gasteiger partial charge on any atom is 0.191 e. The Labute approximate surface area is 128 Å². The second-order valence-corrected chi connectivity index (χ2v) is 6.16. The van der Waals surface area contributed by atoms with E-state index < -0.39 is 0 Å². The summed E-state index contributed by atoms with van der Waals surface area (Å²) in [6, 6.07) is 9.15. The summed E-state index contributed by atoms with van der Waals surface area (Å²) in [5, 5.41) is 6.84. The van der Waals surface area contributed by atoms with Crippen LogP contribution in [0, 0.1) is 12.8 Å². The first kappa shape index (κ1) is 15.8. The predicted molar refractivity (Wildman–Crippen MR) is 89.6 cm³/mol. The number of hydrogen-bond acceptors (Lipinski definition) is 2. The average molecular weight is 288 g/mol. The van der Waals surface area contributed by atoms with Crippen LogP contribution in [0.25, 0.3) is 0 Å². The van der Waals surface area contributed by atoms with Crippen LogP contribution in [0.5, 0.6) is 0 Å². The molecule has 4 heteroatoms. The Hall–Kier alpha value is -1.55. The maximum absolute atomic E-state index is 4.31. The number of guanidine groups is 1. The lowest BCUT2D eigenvalue weighted by Crippen LogP contribution is -2.45. The molecule has 0 radical (unpaired) electrons. The summed E-state index contributed by atoms with van der Waals surface area (Å²) in [6.07, 6.45) is 2.72. The van der Waals surface area contributed by atoms with Crippen molar-refractivity contribution in [1.82, 2.24) is 15.5 Å². The fourth-order valence-corrected chi connectivity index (χ4v) is 2.68. The monoisotopic (exact) mass is 288 g/mol. The van der Waals surface area contributed by atoms with Gasteiger partial charge in [0, 0.05) is 26.2 Å². The number of nitrogens with zero attached hydrogens (tertiary/aromatic N) is 2. The van der Waals surface area contributed by atoms with E-state index in [1.807, 2.05) is 7.05 Å². The van der Waals surface area contributed by atoms with Crippen molar-refractivity contribution in [3.8, 4) is 0 Å². The first-order valence-corrected chi connectivity index (χ1v) is 7.76. The van der Waals surface area contributed by atoms with Gasteiger partial charge >= 0.3 is 0 Å². The summed E-state index contributed by atoms with van der Waals surface area (Å²) >= 11 is 0. The maximum atomic E-state index is 4.31. The van der Waals surface area contributed by atoms with Crippen molar-refractivity contribution in [2.24, 2.45) is 10.9 Å². The normalized spacial score (nSPS) is 16.9. The zero-order chi connectivity index (χ0) is 15.2. The van der Waals surface area contributed by atoms with Gasteiger partial charge in [-0.15, -0.1) is 0 Å². The highest BCUT2D eigenvalue weighted by Gasteiger charge is 2.32. The number of aryl methyl sites for hydroxylation is 1. The van der Waals surface area contributed by atoms with Crippen LogP contribution in [0.4, 0.5) is 0 Å². The summed E-state index contributed by atoms with van der Waals surface area (Å²) in [7, 11) is 6.15. The van der Waals surface area contributed by atoms with Gasteiger partial charge in [0.05, 0.1) is 0 Å². The second-order valence-electron chi connectivity index (χ2n) is 6.16. The largest absolute Gasteiger partial charge is 0.355 e. The highest BCUT2D eigenvalue weighted by atomic mass is 15.2. The van der Waals surface area contributed by atoms with Crippen LogP contribution < -0.4 is 10.6 Å². The topological polar surface area (TPSA) is 39.7 Å². The number of aliphatic imine (C=N–C) groups is 1. The van der Waals surface area contributed by atoms with E-state index in [0.29, 0.717) is 6.04 Å². The van der Waals surface area contributed by atoms with Gasteiger partial charge in [0.1, 0.15) is 0 Å². The summed E-state index contributed by atoms with van der Waals surface area (Å²) in [5.41, 5.74) is 2.57. The highest BCUT2D eigenvalue weighted by Crippen LogP contribution is 2.34. The van der Waals surface area contributed by atoms with Crippen molar-refractivity contribution in [2.45, 2.75) is 32.4 Å². The van der Waals surface area contributed by atoms with Crippen molar-refractivity contribution in [3.63, 3.8) is 0 Å². The van der Waals surface area contributed by atoms with Gasteiger partial charge in [0.2, 0.25) is 0 Å². The third-order valence-corrected chi connectivity index (χ3v) is 4.07. The van der Waals surface area contributed by atoms with Gasteiger partial charge < -0.3 is 15.5 Å². The third-order valence-electron chi connectivity index (χ3n) is 4.07. The Balaban J connectivity index is 1.80. The zero-order valence-electron chi connectivity index (χ0n) is 13.7. The van der Waals surface area contributed by atoms with Crippen LogP contribution in [0.3, 0.4) is 0 Å². The fourth-order valence-electron chi connectivity index (χ4n) is 2.68. The van der Waals surface area contributed by atoms with Gasteiger partial charge in [0.15, 0.2) is 5.96 Å². The molecule has 1 aromatic carbocycles. The molecule has 21 heavy (non-hydrogen) atoms. The lowest BCUT2D eigenvalue weighted by Gasteiger charge is -2.25. The summed E-state index contributed by atoms with van der Waals surface area (Å²) in [5.74, 6) is 1.73. The molecule has 0 aromatic heterocycles. The molecule has 0 saturated heterocycles. The minimum Gasteiger partial charge on any atom is -0.355 e. The molecule has 2 N–H and O–H groups in total. The third kappa shape index (κ3) is 5.05. The lowest BCUT2D eigenvalue weighted by atomic mass is 10.1. The van der Waals surface area contributed by atoms with E-state index in [-0.39, 0.29) is 0 Å². The molecule has 0 heterocycles. The van der Waals surface area contributed by atoms with E-state index in [2.05, 4.69) is 65.8 Å². The molecule has 0 amide bonds. The summed E-state index contributed by atoms with van der Waals surface area (Å²) < 4.78 is 0. The first-order valence-electron chi connectivity index (χ1n) is 7.76. The molecular weight excluding hydrogens is 260 g/mol. The fraction of sp³-hybridized carbons (Fsp3) is 0.588. The van der Waals surface area contributed by atoms with Crippen molar-refractivity contribution in [2.75, 3.05) is 27.7 Å². The molecule has 0 spiro atoms. The van der Waals surface area contributed by atoms with Crippen LogP contribution >= 0.6 is 0 Å². The molecule has 1 unspecified atom stereocenters. The quantitative estimate of drug-likeness (QED) is 0.621. The average Bonchev–Trinajstić information content (AvgIpc) is 3.27. The minimum atomic E-state index is 0.600. The zero-order valence-corrected chi connectivity index (χ0v) is 13.7. The number of likely N-dealkylation sites (N-methyl/N-ethyl adjacent to an activating group) is 1. The van der Waals surface area contributed by atoms with Gasteiger partial charge in [-0.25, -0.2) is 0 Å². The molecule has 1 aliphatic carbocycles. The van der Waals surface area contributed by atoms with Crippen molar-refractivity contribution in [1.29, 1.82) is 0 Å². The van der Waals surface area contributed by atoms with E-state index in [1.54, 1.807) is 0 Å². The van der Waals surface area contributed by atoms with Crippen LogP contribution in [-0.2, 0) is 6.54 Å². The Morgan fingerprint density at radius 3 is 2.67 bits per heavy atom.